The molecule has 0 aromatic carbocycles. The zero-order chi connectivity index (χ0) is 13.7. The molecule has 2 N–H and O–H groups in total. The Labute approximate surface area is 114 Å². The number of hydrogen-bond donors (Lipinski definition) is 1. The first kappa shape index (κ1) is 14.1. The van der Waals surface area contributed by atoms with Crippen molar-refractivity contribution in [2.75, 3.05) is 32.7 Å². The standard InChI is InChI=1S/C14H23N3O2/c1-2-4-12(11-15)16-6-8-17(9-7-16)14(18)13-5-3-10-19-13/h3,5,10,12H,2,4,6-9,11,15H2,1H3. The molecule has 1 aliphatic rings. The summed E-state index contributed by atoms with van der Waals surface area (Å²) < 4.78 is 5.16. The molecule has 1 unspecified atom stereocenters. The van der Waals surface area contributed by atoms with Gasteiger partial charge in [0.15, 0.2) is 5.76 Å². The van der Waals surface area contributed by atoms with Gasteiger partial charge >= 0.3 is 0 Å². The molecule has 1 aromatic rings. The molecule has 106 valence electrons. The highest BCUT2D eigenvalue weighted by atomic mass is 16.3. The molecule has 5 heteroatoms. The van der Waals surface area contributed by atoms with Gasteiger partial charge in [-0.3, -0.25) is 9.69 Å². The molecule has 1 aliphatic heterocycles. The van der Waals surface area contributed by atoms with Crippen LogP contribution in [0.15, 0.2) is 22.8 Å². The zero-order valence-electron chi connectivity index (χ0n) is 11.5. The Morgan fingerprint density at radius 1 is 1.42 bits per heavy atom. The van der Waals surface area contributed by atoms with Gasteiger partial charge in [-0.1, -0.05) is 13.3 Å². The summed E-state index contributed by atoms with van der Waals surface area (Å²) in [7, 11) is 0. The number of piperazine rings is 1. The molecule has 1 fully saturated rings. The SMILES string of the molecule is CCCC(CN)N1CCN(C(=O)c2ccco2)CC1. The fourth-order valence-electron chi connectivity index (χ4n) is 2.63. The smallest absolute Gasteiger partial charge is 0.289 e. The lowest BCUT2D eigenvalue weighted by Crippen LogP contribution is -2.53. The van der Waals surface area contributed by atoms with Crippen molar-refractivity contribution in [3.05, 3.63) is 24.2 Å². The summed E-state index contributed by atoms with van der Waals surface area (Å²) in [6, 6.07) is 3.91. The van der Waals surface area contributed by atoms with Crippen molar-refractivity contribution in [3.8, 4) is 0 Å². The summed E-state index contributed by atoms with van der Waals surface area (Å²) in [4.78, 5) is 16.4. The van der Waals surface area contributed by atoms with Gasteiger partial charge in [-0.2, -0.15) is 0 Å². The van der Waals surface area contributed by atoms with Crippen LogP contribution in [0.2, 0.25) is 0 Å². The van der Waals surface area contributed by atoms with Gasteiger partial charge in [-0.25, -0.2) is 0 Å². The third kappa shape index (κ3) is 3.36. The number of amides is 1. The second-order valence-electron chi connectivity index (χ2n) is 4.98. The maximum atomic E-state index is 12.1. The average Bonchev–Trinajstić information content (AvgIpc) is 2.98. The van der Waals surface area contributed by atoms with E-state index in [-0.39, 0.29) is 5.91 Å². The van der Waals surface area contributed by atoms with E-state index in [4.69, 9.17) is 10.2 Å². The highest BCUT2D eigenvalue weighted by Crippen LogP contribution is 2.13. The number of carbonyl (C=O) groups is 1. The molecule has 1 aromatic heterocycles. The van der Waals surface area contributed by atoms with Crippen molar-refractivity contribution < 1.29 is 9.21 Å². The summed E-state index contributed by atoms with van der Waals surface area (Å²) in [5, 5.41) is 0. The Kier molecular flexibility index (Phi) is 4.99. The average molecular weight is 265 g/mol. The van der Waals surface area contributed by atoms with Gasteiger partial charge in [-0.05, 0) is 18.6 Å². The maximum absolute atomic E-state index is 12.1. The van der Waals surface area contributed by atoms with E-state index >= 15 is 0 Å². The van der Waals surface area contributed by atoms with Crippen molar-refractivity contribution in [1.82, 2.24) is 9.80 Å². The van der Waals surface area contributed by atoms with Crippen molar-refractivity contribution in [3.63, 3.8) is 0 Å². The number of nitrogens with two attached hydrogens (primary N) is 1. The fourth-order valence-corrected chi connectivity index (χ4v) is 2.63. The molecule has 5 nitrogen and oxygen atoms in total. The monoisotopic (exact) mass is 265 g/mol. The lowest BCUT2D eigenvalue weighted by Gasteiger charge is -2.38. The molecule has 1 saturated heterocycles. The van der Waals surface area contributed by atoms with Gasteiger partial charge in [0.2, 0.25) is 0 Å². The van der Waals surface area contributed by atoms with Crippen LogP contribution in [0.5, 0.6) is 0 Å². The van der Waals surface area contributed by atoms with E-state index in [0.29, 0.717) is 18.3 Å². The summed E-state index contributed by atoms with van der Waals surface area (Å²) in [6.45, 7) is 6.17. The largest absolute Gasteiger partial charge is 0.459 e. The fraction of sp³-hybridized carbons (Fsp3) is 0.643. The number of hydrogen-bond acceptors (Lipinski definition) is 4. The van der Waals surface area contributed by atoms with E-state index < -0.39 is 0 Å². The molecule has 0 radical (unpaired) electrons. The van der Waals surface area contributed by atoms with Gasteiger partial charge in [0.1, 0.15) is 0 Å². The minimum Gasteiger partial charge on any atom is -0.459 e. The first-order valence-electron chi connectivity index (χ1n) is 7.03. The van der Waals surface area contributed by atoms with Gasteiger partial charge in [-0.15, -0.1) is 0 Å². The Bertz CT molecular complexity index is 383. The first-order valence-corrected chi connectivity index (χ1v) is 7.03. The molecule has 0 bridgehead atoms. The Balaban J connectivity index is 1.87. The van der Waals surface area contributed by atoms with E-state index in [1.807, 2.05) is 4.90 Å². The third-order valence-corrected chi connectivity index (χ3v) is 3.74. The molecule has 1 amide bonds. The van der Waals surface area contributed by atoms with Crippen LogP contribution in [0.1, 0.15) is 30.3 Å². The van der Waals surface area contributed by atoms with Gasteiger partial charge in [0.05, 0.1) is 6.26 Å². The summed E-state index contributed by atoms with van der Waals surface area (Å²) in [5.41, 5.74) is 5.82. The third-order valence-electron chi connectivity index (χ3n) is 3.74. The van der Waals surface area contributed by atoms with Crippen LogP contribution in [0.3, 0.4) is 0 Å². The lowest BCUT2D eigenvalue weighted by molar-refractivity contribution is 0.0538. The molecule has 0 saturated carbocycles. The highest BCUT2D eigenvalue weighted by molar-refractivity contribution is 5.91. The van der Waals surface area contributed by atoms with Crippen molar-refractivity contribution in [2.45, 2.75) is 25.8 Å². The molecule has 2 rings (SSSR count). The minimum atomic E-state index is -0.00978. The summed E-state index contributed by atoms with van der Waals surface area (Å²) in [5.74, 6) is 0.418. The van der Waals surface area contributed by atoms with Crippen LogP contribution < -0.4 is 5.73 Å². The van der Waals surface area contributed by atoms with Gasteiger partial charge in [0.25, 0.3) is 5.91 Å². The number of carbonyl (C=O) groups excluding carboxylic acids is 1. The van der Waals surface area contributed by atoms with E-state index in [2.05, 4.69) is 11.8 Å². The lowest BCUT2D eigenvalue weighted by atomic mass is 10.1. The topological polar surface area (TPSA) is 62.7 Å². The van der Waals surface area contributed by atoms with Crippen LogP contribution in [0, 0.1) is 0 Å². The van der Waals surface area contributed by atoms with Crippen LogP contribution in [-0.2, 0) is 0 Å². The predicted molar refractivity (Wildman–Crippen MR) is 73.9 cm³/mol. The van der Waals surface area contributed by atoms with Crippen molar-refractivity contribution in [2.24, 2.45) is 5.73 Å². The first-order chi connectivity index (χ1) is 9.26. The normalized spacial score (nSPS) is 18.5. The highest BCUT2D eigenvalue weighted by Gasteiger charge is 2.26. The minimum absolute atomic E-state index is 0.00978. The van der Waals surface area contributed by atoms with E-state index in [0.717, 1.165) is 39.0 Å². The molecular formula is C14H23N3O2. The quantitative estimate of drug-likeness (QED) is 0.868. The Hall–Kier alpha value is -1.33. The van der Waals surface area contributed by atoms with Crippen molar-refractivity contribution >= 4 is 5.91 Å². The second kappa shape index (κ2) is 6.73. The molecule has 1 atom stereocenters. The van der Waals surface area contributed by atoms with Crippen molar-refractivity contribution in [1.29, 1.82) is 0 Å². The summed E-state index contributed by atoms with van der Waals surface area (Å²) in [6.07, 6.45) is 3.81. The number of rotatable bonds is 5. The van der Waals surface area contributed by atoms with Crippen LogP contribution in [0.4, 0.5) is 0 Å². The zero-order valence-corrected chi connectivity index (χ0v) is 11.5. The molecular weight excluding hydrogens is 242 g/mol. The molecule has 0 aliphatic carbocycles. The number of nitrogens with zero attached hydrogens (tertiary/aromatic N) is 2. The molecule has 0 spiro atoms. The van der Waals surface area contributed by atoms with Crippen LogP contribution in [-0.4, -0.2) is 54.5 Å². The Morgan fingerprint density at radius 3 is 2.68 bits per heavy atom. The van der Waals surface area contributed by atoms with E-state index in [1.165, 1.54) is 6.26 Å². The maximum Gasteiger partial charge on any atom is 0.289 e. The molecule has 19 heavy (non-hydrogen) atoms. The Morgan fingerprint density at radius 2 is 2.16 bits per heavy atom. The van der Waals surface area contributed by atoms with Gasteiger partial charge in [0, 0.05) is 38.8 Å². The van der Waals surface area contributed by atoms with Crippen LogP contribution >= 0.6 is 0 Å². The number of furan rings is 1. The van der Waals surface area contributed by atoms with E-state index in [1.54, 1.807) is 12.1 Å². The van der Waals surface area contributed by atoms with Gasteiger partial charge < -0.3 is 15.1 Å². The van der Waals surface area contributed by atoms with E-state index in [9.17, 15) is 4.79 Å². The van der Waals surface area contributed by atoms with Crippen LogP contribution in [0.25, 0.3) is 0 Å². The predicted octanol–water partition coefficient (Wildman–Crippen LogP) is 1.16. The summed E-state index contributed by atoms with van der Waals surface area (Å²) >= 11 is 0. The second-order valence-corrected chi connectivity index (χ2v) is 4.98. The molecule has 2 heterocycles.